The molecule has 0 spiro atoms. The summed E-state index contributed by atoms with van der Waals surface area (Å²) in [6, 6.07) is 5.16. The van der Waals surface area contributed by atoms with Gasteiger partial charge in [0.25, 0.3) is 0 Å². The molecule has 1 aromatic rings. The highest BCUT2D eigenvalue weighted by Gasteiger charge is 2.37. The molecule has 1 aliphatic carbocycles. The van der Waals surface area contributed by atoms with Crippen LogP contribution in [-0.4, -0.2) is 22.9 Å². The molecule has 4 atom stereocenters. The number of fused-ring (bicyclic) bond motifs is 1. The van der Waals surface area contributed by atoms with E-state index in [0.29, 0.717) is 12.1 Å². The molecule has 0 amide bonds. The lowest BCUT2D eigenvalue weighted by Crippen LogP contribution is -2.42. The first-order chi connectivity index (χ1) is 8.63. The van der Waals surface area contributed by atoms with Crippen molar-refractivity contribution < 1.29 is 0 Å². The number of aromatic nitrogens is 1. The second-order valence-electron chi connectivity index (χ2n) is 5.91. The number of rotatable bonds is 1. The summed E-state index contributed by atoms with van der Waals surface area (Å²) in [6.45, 7) is 6.71. The molecule has 18 heavy (non-hydrogen) atoms. The molecule has 1 N–H and O–H groups in total. The molecule has 2 aliphatic rings. The van der Waals surface area contributed by atoms with Crippen molar-refractivity contribution in [3.05, 3.63) is 29.6 Å². The predicted octanol–water partition coefficient (Wildman–Crippen LogP) is 2.54. The zero-order valence-corrected chi connectivity index (χ0v) is 11.4. The Labute approximate surface area is 109 Å². The highest BCUT2D eigenvalue weighted by Crippen LogP contribution is 2.34. The van der Waals surface area contributed by atoms with Crippen LogP contribution in [0.15, 0.2) is 23.3 Å². The van der Waals surface area contributed by atoms with E-state index in [1.807, 2.05) is 19.2 Å². The largest absolute Gasteiger partial charge is 0.365 e. The van der Waals surface area contributed by atoms with Gasteiger partial charge in [0.2, 0.25) is 0 Å². The number of hydrogen-bond acceptors (Lipinski definition) is 3. The minimum Gasteiger partial charge on any atom is -0.365 e. The molecule has 3 nitrogen and oxygen atoms in total. The minimum atomic E-state index is 0.465. The van der Waals surface area contributed by atoms with Crippen molar-refractivity contribution in [3.8, 4) is 0 Å². The average Bonchev–Trinajstić information content (AvgIpc) is 2.73. The van der Waals surface area contributed by atoms with E-state index in [0.717, 1.165) is 28.9 Å². The number of aryl methyl sites for hydroxylation is 1. The average molecular weight is 243 g/mol. The smallest absolute Gasteiger partial charge is 0.130 e. The zero-order valence-electron chi connectivity index (χ0n) is 11.4. The van der Waals surface area contributed by atoms with Crippen LogP contribution in [0.25, 0.3) is 0 Å². The van der Waals surface area contributed by atoms with Crippen molar-refractivity contribution in [2.75, 3.05) is 0 Å². The van der Waals surface area contributed by atoms with Crippen LogP contribution in [0, 0.1) is 18.8 Å². The maximum atomic E-state index is 4.86. The van der Waals surface area contributed by atoms with Crippen molar-refractivity contribution >= 4 is 5.84 Å². The van der Waals surface area contributed by atoms with Crippen molar-refractivity contribution in [1.82, 2.24) is 10.3 Å². The normalized spacial score (nSPS) is 34.7. The van der Waals surface area contributed by atoms with Crippen LogP contribution in [0.3, 0.4) is 0 Å². The maximum absolute atomic E-state index is 4.86. The van der Waals surface area contributed by atoms with Crippen LogP contribution in [0.1, 0.15) is 37.9 Å². The van der Waals surface area contributed by atoms with Gasteiger partial charge in [-0.05, 0) is 43.7 Å². The molecule has 2 heterocycles. The molecule has 96 valence electrons. The Morgan fingerprint density at radius 3 is 2.67 bits per heavy atom. The second-order valence-corrected chi connectivity index (χ2v) is 5.91. The Morgan fingerprint density at radius 1 is 1.17 bits per heavy atom. The molecule has 4 unspecified atom stereocenters. The van der Waals surface area contributed by atoms with E-state index >= 15 is 0 Å². The van der Waals surface area contributed by atoms with Gasteiger partial charge in [0, 0.05) is 17.5 Å². The SMILES string of the molecule is Cc1ccc(C2=NC3CC(C)C(C)CC3N2)cn1. The third kappa shape index (κ3) is 2.02. The molecule has 1 aliphatic heterocycles. The molecule has 1 aromatic heterocycles. The number of nitrogens with one attached hydrogen (secondary N) is 1. The van der Waals surface area contributed by atoms with Crippen LogP contribution in [0.4, 0.5) is 0 Å². The van der Waals surface area contributed by atoms with Crippen molar-refractivity contribution in [2.45, 2.75) is 45.7 Å². The van der Waals surface area contributed by atoms with E-state index in [-0.39, 0.29) is 0 Å². The van der Waals surface area contributed by atoms with Crippen LogP contribution in [-0.2, 0) is 0 Å². The van der Waals surface area contributed by atoms with E-state index in [9.17, 15) is 0 Å². The van der Waals surface area contributed by atoms with Gasteiger partial charge in [0.05, 0.1) is 12.1 Å². The maximum Gasteiger partial charge on any atom is 0.130 e. The third-order valence-electron chi connectivity index (χ3n) is 4.48. The molecule has 3 rings (SSSR count). The fourth-order valence-corrected chi connectivity index (χ4v) is 3.01. The van der Waals surface area contributed by atoms with Crippen molar-refractivity contribution in [3.63, 3.8) is 0 Å². The molecular formula is C15H21N3. The van der Waals surface area contributed by atoms with E-state index in [4.69, 9.17) is 4.99 Å². The zero-order chi connectivity index (χ0) is 12.7. The van der Waals surface area contributed by atoms with Crippen LogP contribution < -0.4 is 5.32 Å². The highest BCUT2D eigenvalue weighted by atomic mass is 15.1. The third-order valence-corrected chi connectivity index (χ3v) is 4.48. The quantitative estimate of drug-likeness (QED) is 0.823. The molecular weight excluding hydrogens is 222 g/mol. The molecule has 1 fully saturated rings. The lowest BCUT2D eigenvalue weighted by Gasteiger charge is -2.33. The van der Waals surface area contributed by atoms with Crippen LogP contribution >= 0.6 is 0 Å². The summed E-state index contributed by atoms with van der Waals surface area (Å²) in [5.74, 6) is 2.62. The van der Waals surface area contributed by atoms with Gasteiger partial charge in [-0.15, -0.1) is 0 Å². The Bertz CT molecular complexity index is 463. The van der Waals surface area contributed by atoms with Crippen LogP contribution in [0.5, 0.6) is 0 Å². The summed E-state index contributed by atoms with van der Waals surface area (Å²) in [5, 5.41) is 3.59. The molecule has 0 saturated heterocycles. The lowest BCUT2D eigenvalue weighted by molar-refractivity contribution is 0.225. The first kappa shape index (κ1) is 11.7. The monoisotopic (exact) mass is 243 g/mol. The summed E-state index contributed by atoms with van der Waals surface area (Å²) in [4.78, 5) is 9.21. The van der Waals surface area contributed by atoms with Crippen molar-refractivity contribution in [2.24, 2.45) is 16.8 Å². The molecule has 0 bridgehead atoms. The summed E-state index contributed by atoms with van der Waals surface area (Å²) in [6.07, 6.45) is 4.37. The molecule has 0 aromatic carbocycles. The van der Waals surface area contributed by atoms with E-state index in [1.165, 1.54) is 12.8 Å². The van der Waals surface area contributed by atoms with Gasteiger partial charge in [-0.2, -0.15) is 0 Å². The summed E-state index contributed by atoms with van der Waals surface area (Å²) < 4.78 is 0. The minimum absolute atomic E-state index is 0.465. The van der Waals surface area contributed by atoms with Crippen LogP contribution in [0.2, 0.25) is 0 Å². The summed E-state index contributed by atoms with van der Waals surface area (Å²) in [5.41, 5.74) is 2.17. The van der Waals surface area contributed by atoms with Gasteiger partial charge in [-0.25, -0.2) is 0 Å². The van der Waals surface area contributed by atoms with Gasteiger partial charge in [-0.1, -0.05) is 13.8 Å². The number of amidine groups is 1. The number of aliphatic imine (C=N–C) groups is 1. The molecule has 0 radical (unpaired) electrons. The Hall–Kier alpha value is -1.38. The fourth-order valence-electron chi connectivity index (χ4n) is 3.01. The topological polar surface area (TPSA) is 37.3 Å². The van der Waals surface area contributed by atoms with Gasteiger partial charge in [-0.3, -0.25) is 9.98 Å². The van der Waals surface area contributed by atoms with E-state index in [1.54, 1.807) is 0 Å². The second kappa shape index (κ2) is 4.38. The Morgan fingerprint density at radius 2 is 1.94 bits per heavy atom. The number of nitrogens with zero attached hydrogens (tertiary/aromatic N) is 2. The van der Waals surface area contributed by atoms with Crippen molar-refractivity contribution in [1.29, 1.82) is 0 Å². The first-order valence-electron chi connectivity index (χ1n) is 6.91. The highest BCUT2D eigenvalue weighted by molar-refractivity contribution is 6.00. The van der Waals surface area contributed by atoms with Gasteiger partial charge in [0.1, 0.15) is 5.84 Å². The predicted molar refractivity (Wildman–Crippen MR) is 73.8 cm³/mol. The molecule has 1 saturated carbocycles. The Kier molecular flexibility index (Phi) is 2.84. The summed E-state index contributed by atoms with van der Waals surface area (Å²) >= 11 is 0. The van der Waals surface area contributed by atoms with Gasteiger partial charge < -0.3 is 5.32 Å². The summed E-state index contributed by atoms with van der Waals surface area (Å²) in [7, 11) is 0. The number of hydrogen-bond donors (Lipinski definition) is 1. The lowest BCUT2D eigenvalue weighted by atomic mass is 9.77. The number of pyridine rings is 1. The Balaban J connectivity index is 1.80. The standard InChI is InChI=1S/C15H21N3/c1-9-6-13-14(7-10(9)2)18-15(17-13)12-5-4-11(3)16-8-12/h4-5,8-10,13-14H,6-7H2,1-3H3,(H,17,18). The first-order valence-corrected chi connectivity index (χ1v) is 6.91. The van der Waals surface area contributed by atoms with E-state index in [2.05, 4.69) is 30.2 Å². The van der Waals surface area contributed by atoms with Gasteiger partial charge >= 0.3 is 0 Å². The fraction of sp³-hybridized carbons (Fsp3) is 0.600. The molecule has 3 heteroatoms. The van der Waals surface area contributed by atoms with Gasteiger partial charge in [0.15, 0.2) is 0 Å². The van der Waals surface area contributed by atoms with E-state index < -0.39 is 0 Å².